The maximum Gasteiger partial charge on any atom is 0.336 e. The summed E-state index contributed by atoms with van der Waals surface area (Å²) in [5.41, 5.74) is 0.412. The van der Waals surface area contributed by atoms with E-state index >= 15 is 0 Å². The number of aliphatic carboxylic acids is 1. The van der Waals surface area contributed by atoms with E-state index in [4.69, 9.17) is 15.0 Å². The molecule has 0 aliphatic carbocycles. The van der Waals surface area contributed by atoms with E-state index in [0.29, 0.717) is 11.5 Å². The third-order valence-electron chi connectivity index (χ3n) is 3.84. The van der Waals surface area contributed by atoms with Gasteiger partial charge in [0, 0.05) is 0 Å². The number of carboxylic acids is 1. The fourth-order valence-electron chi connectivity index (χ4n) is 2.48. The number of carbonyl (C=O) groups is 3. The van der Waals surface area contributed by atoms with Crippen LogP contribution in [0.15, 0.2) is 24.3 Å². The Morgan fingerprint density at radius 1 is 1.08 bits per heavy atom. The van der Waals surface area contributed by atoms with Gasteiger partial charge in [0.15, 0.2) is 6.10 Å². The van der Waals surface area contributed by atoms with E-state index in [1.54, 1.807) is 12.1 Å². The molecule has 0 fully saturated rings. The lowest BCUT2D eigenvalue weighted by Gasteiger charge is -2.16. The van der Waals surface area contributed by atoms with Crippen molar-refractivity contribution in [3.63, 3.8) is 0 Å². The lowest BCUT2D eigenvalue weighted by Crippen LogP contribution is -2.34. The number of amides is 2. The Morgan fingerprint density at radius 3 is 2.21 bits per heavy atom. The largest absolute Gasteiger partial charge is 0.479 e. The number of nitrogens with zero attached hydrogens (tertiary/aromatic N) is 1. The van der Waals surface area contributed by atoms with Gasteiger partial charge in [0.25, 0.3) is 11.8 Å². The Kier molecular flexibility index (Phi) is 6.45. The van der Waals surface area contributed by atoms with Gasteiger partial charge >= 0.3 is 5.97 Å². The van der Waals surface area contributed by atoms with Gasteiger partial charge in [-0.1, -0.05) is 56.1 Å². The number of hydrogen-bond donors (Lipinski definition) is 1. The van der Waals surface area contributed by atoms with E-state index in [2.05, 4.69) is 6.92 Å². The Balaban J connectivity index is 1.87. The van der Waals surface area contributed by atoms with Crippen LogP contribution < -0.4 is 0 Å². The van der Waals surface area contributed by atoms with Crippen LogP contribution in [0.25, 0.3) is 0 Å². The topological polar surface area (TPSA) is 93.1 Å². The summed E-state index contributed by atoms with van der Waals surface area (Å²) in [6, 6.07) is 6.26. The third kappa shape index (κ3) is 4.18. The number of unbranched alkanes of at least 4 members (excludes halogenated alkanes) is 4. The molecule has 0 bridgehead atoms. The zero-order valence-electron chi connectivity index (χ0n) is 13.6. The molecule has 1 atom stereocenters. The van der Waals surface area contributed by atoms with Gasteiger partial charge in [0.1, 0.15) is 0 Å². The second-order valence-electron chi connectivity index (χ2n) is 5.65. The Hall–Kier alpha value is -2.25. The molecule has 0 aromatic heterocycles. The van der Waals surface area contributed by atoms with E-state index in [9.17, 15) is 14.4 Å². The smallest absolute Gasteiger partial charge is 0.336 e. The molecule has 0 spiro atoms. The van der Waals surface area contributed by atoms with Crippen molar-refractivity contribution in [2.75, 3.05) is 0 Å². The van der Waals surface area contributed by atoms with Crippen LogP contribution in [-0.2, 0) is 14.7 Å². The Bertz CT molecular complexity index is 580. The molecule has 130 valence electrons. The van der Waals surface area contributed by atoms with Gasteiger partial charge in [0.05, 0.1) is 11.1 Å². The van der Waals surface area contributed by atoms with Crippen LogP contribution in [0.1, 0.15) is 66.2 Å². The second-order valence-corrected chi connectivity index (χ2v) is 5.65. The number of fused-ring (bicyclic) bond motifs is 1. The SMILES string of the molecule is CCCCCCCC(OON1C(=O)c2ccccc2C1=O)C(=O)O. The molecule has 1 N–H and O–H groups in total. The summed E-state index contributed by atoms with van der Waals surface area (Å²) in [5.74, 6) is -2.52. The standard InChI is InChI=1S/C17H21NO6/c1-2-3-4-5-6-11-14(17(21)22)23-24-18-15(19)12-9-7-8-10-13(12)16(18)20/h7-10,14H,2-6,11H2,1H3,(H,21,22). The van der Waals surface area contributed by atoms with E-state index in [-0.39, 0.29) is 17.5 Å². The van der Waals surface area contributed by atoms with Crippen molar-refractivity contribution in [2.45, 2.75) is 51.6 Å². The molecule has 7 heteroatoms. The molecule has 2 amide bonds. The van der Waals surface area contributed by atoms with Crippen LogP contribution in [0.3, 0.4) is 0 Å². The van der Waals surface area contributed by atoms with Gasteiger partial charge < -0.3 is 5.11 Å². The predicted octanol–water partition coefficient (Wildman–Crippen LogP) is 2.96. The van der Waals surface area contributed by atoms with Gasteiger partial charge in [0.2, 0.25) is 0 Å². The monoisotopic (exact) mass is 335 g/mol. The van der Waals surface area contributed by atoms with Crippen molar-refractivity contribution in [1.29, 1.82) is 0 Å². The number of hydroxylamine groups is 2. The van der Waals surface area contributed by atoms with E-state index in [1.807, 2.05) is 0 Å². The zero-order chi connectivity index (χ0) is 17.5. The summed E-state index contributed by atoms with van der Waals surface area (Å²) in [6.45, 7) is 2.10. The predicted molar refractivity (Wildman–Crippen MR) is 83.9 cm³/mol. The maximum absolute atomic E-state index is 12.1. The van der Waals surface area contributed by atoms with Crippen LogP contribution in [-0.4, -0.2) is 34.1 Å². The zero-order valence-corrected chi connectivity index (χ0v) is 13.6. The summed E-state index contributed by atoms with van der Waals surface area (Å²) < 4.78 is 0. The maximum atomic E-state index is 12.1. The lowest BCUT2D eigenvalue weighted by molar-refractivity contribution is -0.402. The summed E-state index contributed by atoms with van der Waals surface area (Å²) in [7, 11) is 0. The van der Waals surface area contributed by atoms with Crippen molar-refractivity contribution < 1.29 is 29.4 Å². The molecule has 1 aromatic rings. The van der Waals surface area contributed by atoms with E-state index < -0.39 is 23.9 Å². The van der Waals surface area contributed by atoms with Gasteiger partial charge in [-0.2, -0.15) is 4.89 Å². The number of carboxylic acid groups (broad SMARTS) is 1. The molecule has 1 aliphatic heterocycles. The van der Waals surface area contributed by atoms with Crippen molar-refractivity contribution >= 4 is 17.8 Å². The van der Waals surface area contributed by atoms with E-state index in [1.165, 1.54) is 12.1 Å². The third-order valence-corrected chi connectivity index (χ3v) is 3.84. The summed E-state index contributed by atoms with van der Waals surface area (Å²) in [4.78, 5) is 45.0. The minimum atomic E-state index is -1.23. The molecule has 0 radical (unpaired) electrons. The quantitative estimate of drug-likeness (QED) is 0.306. The van der Waals surface area contributed by atoms with Crippen molar-refractivity contribution in [3.8, 4) is 0 Å². The molecule has 24 heavy (non-hydrogen) atoms. The normalized spacial score (nSPS) is 14.8. The minimum absolute atomic E-state index is 0.206. The molecule has 1 heterocycles. The summed E-state index contributed by atoms with van der Waals surface area (Å²) in [5, 5.41) is 9.62. The molecule has 1 aromatic carbocycles. The van der Waals surface area contributed by atoms with Gasteiger partial charge in [-0.25, -0.2) is 4.79 Å². The van der Waals surface area contributed by atoms with Crippen LogP contribution in [0.4, 0.5) is 0 Å². The molecular weight excluding hydrogens is 314 g/mol. The lowest BCUT2D eigenvalue weighted by atomic mass is 10.1. The van der Waals surface area contributed by atoms with E-state index in [0.717, 1.165) is 25.7 Å². The highest BCUT2D eigenvalue weighted by molar-refractivity contribution is 6.20. The Morgan fingerprint density at radius 2 is 1.67 bits per heavy atom. The van der Waals surface area contributed by atoms with Crippen LogP contribution in [0, 0.1) is 0 Å². The molecule has 7 nitrogen and oxygen atoms in total. The first-order valence-corrected chi connectivity index (χ1v) is 8.10. The van der Waals surface area contributed by atoms with Crippen LogP contribution in [0.5, 0.6) is 0 Å². The first kappa shape index (κ1) is 18.1. The Labute approximate surface area is 140 Å². The first-order chi connectivity index (χ1) is 11.6. The number of carbonyl (C=O) groups excluding carboxylic acids is 2. The fraction of sp³-hybridized carbons (Fsp3) is 0.471. The molecule has 1 aliphatic rings. The highest BCUT2D eigenvalue weighted by atomic mass is 17.3. The summed E-state index contributed by atoms with van der Waals surface area (Å²) >= 11 is 0. The molecule has 1 unspecified atom stereocenters. The molecule has 0 saturated carbocycles. The van der Waals surface area contributed by atoms with Crippen LogP contribution in [0.2, 0.25) is 0 Å². The average molecular weight is 335 g/mol. The van der Waals surface area contributed by atoms with Gasteiger partial charge in [-0.3, -0.25) is 9.59 Å². The minimum Gasteiger partial charge on any atom is -0.479 e. The number of imide groups is 1. The van der Waals surface area contributed by atoms with Crippen LogP contribution >= 0.6 is 0 Å². The van der Waals surface area contributed by atoms with Crippen molar-refractivity contribution in [3.05, 3.63) is 35.4 Å². The molecule has 2 rings (SSSR count). The number of benzene rings is 1. The molecular formula is C17H21NO6. The highest BCUT2D eigenvalue weighted by Crippen LogP contribution is 2.23. The molecule has 0 saturated heterocycles. The van der Waals surface area contributed by atoms with Gasteiger partial charge in [-0.15, -0.1) is 5.06 Å². The number of hydrogen-bond acceptors (Lipinski definition) is 5. The first-order valence-electron chi connectivity index (χ1n) is 8.10. The highest BCUT2D eigenvalue weighted by Gasteiger charge is 2.38. The summed E-state index contributed by atoms with van der Waals surface area (Å²) in [6.07, 6.45) is 3.82. The average Bonchev–Trinajstić information content (AvgIpc) is 2.82. The van der Waals surface area contributed by atoms with Crippen molar-refractivity contribution in [1.82, 2.24) is 5.06 Å². The fourth-order valence-corrected chi connectivity index (χ4v) is 2.48. The second kappa shape index (κ2) is 8.56. The van der Waals surface area contributed by atoms with Crippen molar-refractivity contribution in [2.24, 2.45) is 0 Å². The number of rotatable bonds is 10. The van der Waals surface area contributed by atoms with Gasteiger partial charge in [-0.05, 0) is 18.6 Å².